The Morgan fingerprint density at radius 1 is 1.21 bits per heavy atom. The minimum Gasteiger partial charge on any atom is -0.493 e. The molecule has 2 heterocycles. The van der Waals surface area contributed by atoms with E-state index in [1.807, 2.05) is 49.6 Å². The van der Waals surface area contributed by atoms with E-state index in [2.05, 4.69) is 15.5 Å². The zero-order valence-electron chi connectivity index (χ0n) is 19.0. The van der Waals surface area contributed by atoms with Crippen molar-refractivity contribution in [2.24, 2.45) is 5.10 Å². The number of hydrazone groups is 1. The van der Waals surface area contributed by atoms with E-state index in [1.165, 1.54) is 28.4 Å². The SMILES string of the molecule is COc1cc(/C=N\NC(=O)Cn2cnc3scc(-c4ccccc4)c3c2=O)ccc1OC(C)C. The summed E-state index contributed by atoms with van der Waals surface area (Å²) in [7, 11) is 1.56. The molecule has 0 spiro atoms. The van der Waals surface area contributed by atoms with Crippen LogP contribution >= 0.6 is 11.3 Å². The first-order valence-corrected chi connectivity index (χ1v) is 11.5. The lowest BCUT2D eigenvalue weighted by Gasteiger charge is -2.13. The van der Waals surface area contributed by atoms with Gasteiger partial charge < -0.3 is 9.47 Å². The molecule has 0 saturated heterocycles. The molecule has 1 N–H and O–H groups in total. The average molecular weight is 477 g/mol. The molecule has 0 saturated carbocycles. The Hall–Kier alpha value is -3.98. The van der Waals surface area contributed by atoms with Gasteiger partial charge in [-0.15, -0.1) is 11.3 Å². The molecular weight excluding hydrogens is 452 g/mol. The average Bonchev–Trinajstić information content (AvgIpc) is 3.27. The van der Waals surface area contributed by atoms with E-state index in [-0.39, 0.29) is 18.2 Å². The first kappa shape index (κ1) is 23.2. The van der Waals surface area contributed by atoms with Crippen LogP contribution in [0.4, 0.5) is 0 Å². The van der Waals surface area contributed by atoms with Gasteiger partial charge in [0.1, 0.15) is 11.4 Å². The van der Waals surface area contributed by atoms with E-state index in [1.54, 1.807) is 25.3 Å². The molecule has 8 nitrogen and oxygen atoms in total. The molecule has 0 unspecified atom stereocenters. The second kappa shape index (κ2) is 10.3. The number of amides is 1. The number of hydrogen-bond donors (Lipinski definition) is 1. The van der Waals surface area contributed by atoms with E-state index in [0.29, 0.717) is 21.7 Å². The fraction of sp³-hybridized carbons (Fsp3) is 0.200. The molecule has 4 aromatic rings. The van der Waals surface area contributed by atoms with E-state index in [4.69, 9.17) is 9.47 Å². The third-order valence-electron chi connectivity index (χ3n) is 4.91. The number of carbonyl (C=O) groups excluding carboxylic acids is 1. The van der Waals surface area contributed by atoms with Crippen molar-refractivity contribution in [2.45, 2.75) is 26.5 Å². The molecule has 9 heteroatoms. The van der Waals surface area contributed by atoms with Gasteiger partial charge in [0.15, 0.2) is 11.5 Å². The summed E-state index contributed by atoms with van der Waals surface area (Å²) in [5, 5.41) is 6.41. The number of benzene rings is 2. The summed E-state index contributed by atoms with van der Waals surface area (Å²) < 4.78 is 12.3. The van der Waals surface area contributed by atoms with Gasteiger partial charge in [0.2, 0.25) is 0 Å². The van der Waals surface area contributed by atoms with E-state index in [9.17, 15) is 9.59 Å². The van der Waals surface area contributed by atoms with Crippen molar-refractivity contribution >= 4 is 33.7 Å². The molecule has 0 aliphatic heterocycles. The van der Waals surface area contributed by atoms with E-state index < -0.39 is 5.91 Å². The highest BCUT2D eigenvalue weighted by atomic mass is 32.1. The minimum absolute atomic E-state index is 0.0164. The molecule has 0 aliphatic carbocycles. The zero-order chi connectivity index (χ0) is 24.1. The highest BCUT2D eigenvalue weighted by molar-refractivity contribution is 7.17. The molecule has 174 valence electrons. The molecule has 2 aromatic heterocycles. The Morgan fingerprint density at radius 3 is 2.74 bits per heavy atom. The normalized spacial score (nSPS) is 11.3. The van der Waals surface area contributed by atoms with Crippen LogP contribution in [0.3, 0.4) is 0 Å². The molecule has 0 aliphatic rings. The van der Waals surface area contributed by atoms with Gasteiger partial charge >= 0.3 is 0 Å². The maximum Gasteiger partial charge on any atom is 0.263 e. The maximum absolute atomic E-state index is 13.1. The van der Waals surface area contributed by atoms with Crippen molar-refractivity contribution < 1.29 is 14.3 Å². The van der Waals surface area contributed by atoms with Crippen LogP contribution in [0.5, 0.6) is 11.5 Å². The fourth-order valence-electron chi connectivity index (χ4n) is 3.40. The predicted octanol–water partition coefficient (Wildman–Crippen LogP) is 4.07. The van der Waals surface area contributed by atoms with E-state index in [0.717, 1.165) is 16.7 Å². The third kappa shape index (κ3) is 5.15. The van der Waals surface area contributed by atoms with Crippen LogP contribution in [0.15, 0.2) is 70.1 Å². The molecule has 1 amide bonds. The zero-order valence-corrected chi connectivity index (χ0v) is 19.8. The van der Waals surface area contributed by atoms with Crippen LogP contribution in [0.25, 0.3) is 21.3 Å². The van der Waals surface area contributed by atoms with Gasteiger partial charge in [-0.3, -0.25) is 14.2 Å². The van der Waals surface area contributed by atoms with Gasteiger partial charge in [-0.1, -0.05) is 30.3 Å². The molecule has 4 rings (SSSR count). The van der Waals surface area contributed by atoms with Gasteiger partial charge in [-0.05, 0) is 43.2 Å². The first-order valence-electron chi connectivity index (χ1n) is 10.6. The van der Waals surface area contributed by atoms with Crippen LogP contribution in [0.1, 0.15) is 19.4 Å². The molecule has 34 heavy (non-hydrogen) atoms. The Morgan fingerprint density at radius 2 is 2.00 bits per heavy atom. The number of fused-ring (bicyclic) bond motifs is 1. The molecule has 0 atom stereocenters. The maximum atomic E-state index is 13.1. The molecule has 0 radical (unpaired) electrons. The summed E-state index contributed by atoms with van der Waals surface area (Å²) in [6, 6.07) is 15.0. The van der Waals surface area contributed by atoms with Gasteiger partial charge in [-0.25, -0.2) is 10.4 Å². The first-order chi connectivity index (χ1) is 16.5. The monoisotopic (exact) mass is 476 g/mol. The second-order valence-corrected chi connectivity index (χ2v) is 8.60. The summed E-state index contributed by atoms with van der Waals surface area (Å²) in [4.78, 5) is 30.5. The van der Waals surface area contributed by atoms with E-state index >= 15 is 0 Å². The number of carbonyl (C=O) groups is 1. The number of aromatic nitrogens is 2. The summed E-state index contributed by atoms with van der Waals surface area (Å²) in [6.07, 6.45) is 2.90. The summed E-state index contributed by atoms with van der Waals surface area (Å²) >= 11 is 1.40. The van der Waals surface area contributed by atoms with Crippen LogP contribution < -0.4 is 20.5 Å². The highest BCUT2D eigenvalue weighted by Gasteiger charge is 2.14. The number of thiophene rings is 1. The number of nitrogens with zero attached hydrogens (tertiary/aromatic N) is 3. The minimum atomic E-state index is -0.442. The molecular formula is C25H24N4O4S. The lowest BCUT2D eigenvalue weighted by molar-refractivity contribution is -0.121. The topological polar surface area (TPSA) is 94.8 Å². The molecule has 0 fully saturated rings. The standard InChI is InChI=1S/C25H24N4O4S/c1-16(2)33-20-10-9-17(11-21(20)32-3)12-27-28-22(30)13-29-15-26-24-23(25(29)31)19(14-34-24)18-7-5-4-6-8-18/h4-12,14-16H,13H2,1-3H3,(H,28,30)/b27-12-. The van der Waals surface area contributed by atoms with Crippen molar-refractivity contribution in [3.8, 4) is 22.6 Å². The van der Waals surface area contributed by atoms with Gasteiger partial charge in [-0.2, -0.15) is 5.10 Å². The summed E-state index contributed by atoms with van der Waals surface area (Å²) in [5.74, 6) is 0.756. The lowest BCUT2D eigenvalue weighted by atomic mass is 10.1. The van der Waals surface area contributed by atoms with Crippen molar-refractivity contribution in [2.75, 3.05) is 7.11 Å². The Balaban J connectivity index is 1.47. The highest BCUT2D eigenvalue weighted by Crippen LogP contribution is 2.30. The van der Waals surface area contributed by atoms with Gasteiger partial charge in [0.25, 0.3) is 11.5 Å². The Labute approximate surface area is 200 Å². The van der Waals surface area contributed by atoms with Crippen LogP contribution in [0.2, 0.25) is 0 Å². The largest absolute Gasteiger partial charge is 0.493 e. The van der Waals surface area contributed by atoms with Crippen molar-refractivity contribution in [3.05, 3.63) is 76.2 Å². The van der Waals surface area contributed by atoms with Crippen LogP contribution in [-0.4, -0.2) is 34.9 Å². The van der Waals surface area contributed by atoms with Gasteiger partial charge in [0, 0.05) is 10.9 Å². The molecule has 2 aromatic carbocycles. The number of nitrogens with one attached hydrogen (secondary N) is 1. The van der Waals surface area contributed by atoms with Crippen molar-refractivity contribution in [1.82, 2.24) is 15.0 Å². The van der Waals surface area contributed by atoms with Crippen molar-refractivity contribution in [1.29, 1.82) is 0 Å². The predicted molar refractivity (Wildman–Crippen MR) is 134 cm³/mol. The van der Waals surface area contributed by atoms with Crippen molar-refractivity contribution in [3.63, 3.8) is 0 Å². The number of ether oxygens (including phenoxy) is 2. The Bertz CT molecular complexity index is 1390. The summed E-state index contributed by atoms with van der Waals surface area (Å²) in [6.45, 7) is 3.67. The second-order valence-electron chi connectivity index (χ2n) is 7.74. The number of rotatable bonds is 8. The molecule has 0 bridgehead atoms. The Kier molecular flexibility index (Phi) is 7.03. The lowest BCUT2D eigenvalue weighted by Crippen LogP contribution is -2.30. The summed E-state index contributed by atoms with van der Waals surface area (Å²) in [5.41, 5.74) is 4.65. The van der Waals surface area contributed by atoms with Crippen LogP contribution in [-0.2, 0) is 11.3 Å². The van der Waals surface area contributed by atoms with Crippen LogP contribution in [0, 0.1) is 0 Å². The quantitative estimate of drug-likeness (QED) is 0.306. The number of methoxy groups -OCH3 is 1. The smallest absolute Gasteiger partial charge is 0.263 e. The van der Waals surface area contributed by atoms with Gasteiger partial charge in [0.05, 0.1) is 31.1 Å². The number of hydrogen-bond acceptors (Lipinski definition) is 7. The third-order valence-corrected chi connectivity index (χ3v) is 5.80. The fourth-order valence-corrected chi connectivity index (χ4v) is 4.30.